The van der Waals surface area contributed by atoms with Gasteiger partial charge < -0.3 is 0 Å². The molecule has 0 saturated carbocycles. The Hall–Kier alpha value is -2.80. The van der Waals surface area contributed by atoms with Crippen LogP contribution in [0.2, 0.25) is 0 Å². The summed E-state index contributed by atoms with van der Waals surface area (Å²) >= 11 is 1.61. The smallest absolute Gasteiger partial charge is 0.187 e. The maximum Gasteiger partial charge on any atom is 0.187 e. The number of thioether (sulfide) groups is 1. The highest BCUT2D eigenvalue weighted by Gasteiger charge is 2.16. The number of halogens is 1. The molecule has 124 valence electrons. The molecule has 2 heterocycles. The van der Waals surface area contributed by atoms with Crippen molar-refractivity contribution in [1.82, 2.24) is 25.0 Å². The summed E-state index contributed by atoms with van der Waals surface area (Å²) in [6, 6.07) is 16.3. The van der Waals surface area contributed by atoms with E-state index in [2.05, 4.69) is 39.3 Å². The molecule has 2 aromatic carbocycles. The van der Waals surface area contributed by atoms with Gasteiger partial charge in [-0.2, -0.15) is 4.68 Å². The van der Waals surface area contributed by atoms with Crippen molar-refractivity contribution < 1.29 is 4.39 Å². The summed E-state index contributed by atoms with van der Waals surface area (Å²) in [7, 11) is 0. The van der Waals surface area contributed by atoms with E-state index in [4.69, 9.17) is 0 Å². The van der Waals surface area contributed by atoms with Gasteiger partial charge in [0.25, 0.3) is 0 Å². The topological polar surface area (TPSA) is 56.5 Å². The average Bonchev–Trinajstić information content (AvgIpc) is 3.08. The van der Waals surface area contributed by atoms with Gasteiger partial charge in [-0.1, -0.05) is 47.3 Å². The minimum Gasteiger partial charge on any atom is -0.227 e. The van der Waals surface area contributed by atoms with Crippen molar-refractivity contribution in [2.45, 2.75) is 17.2 Å². The molecule has 0 saturated heterocycles. The van der Waals surface area contributed by atoms with Crippen LogP contribution in [0.15, 0.2) is 66.0 Å². The molecule has 1 unspecified atom stereocenters. The SMILES string of the molecule is CC(Sc1ncnc2c1nnn2-c1ccc(F)cc1)c1ccccc1. The van der Waals surface area contributed by atoms with Crippen LogP contribution < -0.4 is 0 Å². The monoisotopic (exact) mass is 351 g/mol. The second kappa shape index (κ2) is 6.60. The van der Waals surface area contributed by atoms with Crippen LogP contribution in [0.4, 0.5) is 4.39 Å². The number of aromatic nitrogens is 5. The molecule has 0 N–H and O–H groups in total. The summed E-state index contributed by atoms with van der Waals surface area (Å²) in [6.45, 7) is 2.12. The molecule has 0 aliphatic heterocycles. The number of hydrogen-bond donors (Lipinski definition) is 0. The van der Waals surface area contributed by atoms with Gasteiger partial charge in [0.1, 0.15) is 17.2 Å². The van der Waals surface area contributed by atoms with Gasteiger partial charge in [0, 0.05) is 5.25 Å². The summed E-state index contributed by atoms with van der Waals surface area (Å²) < 4.78 is 14.7. The lowest BCUT2D eigenvalue weighted by Crippen LogP contribution is -1.98. The van der Waals surface area contributed by atoms with Crippen molar-refractivity contribution in [1.29, 1.82) is 0 Å². The molecule has 7 heteroatoms. The van der Waals surface area contributed by atoms with E-state index in [0.717, 1.165) is 5.03 Å². The Morgan fingerprint density at radius 2 is 1.76 bits per heavy atom. The van der Waals surface area contributed by atoms with E-state index in [1.54, 1.807) is 28.6 Å². The predicted octanol–water partition coefficient (Wildman–Crippen LogP) is 4.20. The molecular weight excluding hydrogens is 337 g/mol. The van der Waals surface area contributed by atoms with E-state index in [9.17, 15) is 4.39 Å². The molecule has 0 aliphatic carbocycles. The van der Waals surface area contributed by atoms with Gasteiger partial charge >= 0.3 is 0 Å². The fraction of sp³-hybridized carbons (Fsp3) is 0.111. The lowest BCUT2D eigenvalue weighted by atomic mass is 10.2. The van der Waals surface area contributed by atoms with Crippen LogP contribution >= 0.6 is 11.8 Å². The second-order valence-electron chi connectivity index (χ2n) is 5.50. The quantitative estimate of drug-likeness (QED) is 0.407. The summed E-state index contributed by atoms with van der Waals surface area (Å²) in [6.07, 6.45) is 1.51. The van der Waals surface area contributed by atoms with E-state index < -0.39 is 0 Å². The van der Waals surface area contributed by atoms with Crippen LogP contribution in [0.1, 0.15) is 17.7 Å². The number of rotatable bonds is 4. The first-order valence-electron chi connectivity index (χ1n) is 7.76. The molecule has 0 bridgehead atoms. The highest BCUT2D eigenvalue weighted by Crippen LogP contribution is 2.36. The number of fused-ring (bicyclic) bond motifs is 1. The van der Waals surface area contributed by atoms with Gasteiger partial charge in [-0.3, -0.25) is 0 Å². The summed E-state index contributed by atoms with van der Waals surface area (Å²) in [4.78, 5) is 8.67. The van der Waals surface area contributed by atoms with Crippen LogP contribution in [0, 0.1) is 5.82 Å². The van der Waals surface area contributed by atoms with E-state index in [0.29, 0.717) is 16.9 Å². The summed E-state index contributed by atoms with van der Waals surface area (Å²) in [5.41, 5.74) is 3.16. The summed E-state index contributed by atoms with van der Waals surface area (Å²) in [5.74, 6) is -0.296. The number of hydrogen-bond acceptors (Lipinski definition) is 5. The molecular formula is C18H14FN5S. The molecule has 4 rings (SSSR count). The van der Waals surface area contributed by atoms with Crippen LogP contribution in [0.25, 0.3) is 16.9 Å². The zero-order valence-corrected chi connectivity index (χ0v) is 14.2. The fourth-order valence-electron chi connectivity index (χ4n) is 2.53. The fourth-order valence-corrected chi connectivity index (χ4v) is 3.51. The van der Waals surface area contributed by atoms with Gasteiger partial charge in [0.2, 0.25) is 0 Å². The molecule has 0 spiro atoms. The van der Waals surface area contributed by atoms with E-state index in [-0.39, 0.29) is 11.1 Å². The van der Waals surface area contributed by atoms with Gasteiger partial charge in [-0.05, 0) is 36.8 Å². The first kappa shape index (κ1) is 15.7. The van der Waals surface area contributed by atoms with E-state index in [1.807, 2.05) is 18.2 Å². The van der Waals surface area contributed by atoms with Crippen LogP contribution in [-0.2, 0) is 0 Å². The normalized spacial score (nSPS) is 12.4. The Labute approximate surface area is 147 Å². The standard InChI is InChI=1S/C18H14FN5S/c1-12(13-5-3-2-4-6-13)25-18-16-17(20-11-21-18)24(23-22-16)15-9-7-14(19)8-10-15/h2-12H,1H3. The van der Waals surface area contributed by atoms with Crippen molar-refractivity contribution in [3.8, 4) is 5.69 Å². The molecule has 0 amide bonds. The lowest BCUT2D eigenvalue weighted by molar-refractivity contribution is 0.627. The van der Waals surface area contributed by atoms with Gasteiger partial charge in [0.15, 0.2) is 11.2 Å². The van der Waals surface area contributed by atoms with Gasteiger partial charge in [0.05, 0.1) is 5.69 Å². The Kier molecular flexibility index (Phi) is 4.15. The zero-order chi connectivity index (χ0) is 17.2. The minimum atomic E-state index is -0.296. The molecule has 25 heavy (non-hydrogen) atoms. The Morgan fingerprint density at radius 3 is 2.52 bits per heavy atom. The van der Waals surface area contributed by atoms with E-state index in [1.165, 1.54) is 24.0 Å². The van der Waals surface area contributed by atoms with Crippen LogP contribution in [0.5, 0.6) is 0 Å². The third kappa shape index (κ3) is 3.10. The third-order valence-corrected chi connectivity index (χ3v) is 4.98. The molecule has 5 nitrogen and oxygen atoms in total. The molecule has 0 fully saturated rings. The average molecular weight is 351 g/mol. The van der Waals surface area contributed by atoms with Crippen LogP contribution in [-0.4, -0.2) is 25.0 Å². The molecule has 4 aromatic rings. The second-order valence-corrected chi connectivity index (χ2v) is 6.83. The highest BCUT2D eigenvalue weighted by atomic mass is 32.2. The van der Waals surface area contributed by atoms with Gasteiger partial charge in [-0.15, -0.1) is 5.10 Å². The Bertz CT molecular complexity index is 1000. The van der Waals surface area contributed by atoms with E-state index >= 15 is 0 Å². The maximum absolute atomic E-state index is 13.1. The molecule has 2 aromatic heterocycles. The first-order valence-corrected chi connectivity index (χ1v) is 8.64. The Morgan fingerprint density at radius 1 is 1.00 bits per heavy atom. The maximum atomic E-state index is 13.1. The predicted molar refractivity (Wildman–Crippen MR) is 95.1 cm³/mol. The molecule has 0 aliphatic rings. The molecule has 1 atom stereocenters. The number of benzene rings is 2. The van der Waals surface area contributed by atoms with Crippen molar-refractivity contribution in [2.75, 3.05) is 0 Å². The van der Waals surface area contributed by atoms with Crippen LogP contribution in [0.3, 0.4) is 0 Å². The zero-order valence-electron chi connectivity index (χ0n) is 13.4. The third-order valence-electron chi connectivity index (χ3n) is 3.83. The van der Waals surface area contributed by atoms with Crippen molar-refractivity contribution in [2.24, 2.45) is 0 Å². The number of nitrogens with zero attached hydrogens (tertiary/aromatic N) is 5. The van der Waals surface area contributed by atoms with Crippen molar-refractivity contribution in [3.63, 3.8) is 0 Å². The first-order chi connectivity index (χ1) is 12.2. The minimum absolute atomic E-state index is 0.218. The largest absolute Gasteiger partial charge is 0.227 e. The Balaban J connectivity index is 1.71. The summed E-state index contributed by atoms with van der Waals surface area (Å²) in [5, 5.41) is 9.39. The lowest BCUT2D eigenvalue weighted by Gasteiger charge is -2.10. The van der Waals surface area contributed by atoms with Gasteiger partial charge in [-0.25, -0.2) is 14.4 Å². The highest BCUT2D eigenvalue weighted by molar-refractivity contribution is 7.99. The van der Waals surface area contributed by atoms with Crippen molar-refractivity contribution >= 4 is 22.9 Å². The van der Waals surface area contributed by atoms with Crippen molar-refractivity contribution in [3.05, 3.63) is 72.3 Å². The molecule has 0 radical (unpaired) electrons.